The van der Waals surface area contributed by atoms with Crippen LogP contribution in [0.25, 0.3) is 0 Å². The summed E-state index contributed by atoms with van der Waals surface area (Å²) in [5, 5.41) is 14.5. The molecular weight excluding hydrogens is 214 g/mol. The summed E-state index contributed by atoms with van der Waals surface area (Å²) >= 11 is 1.37. The van der Waals surface area contributed by atoms with E-state index in [0.29, 0.717) is 5.56 Å². The van der Waals surface area contributed by atoms with Gasteiger partial charge in [0.05, 0.1) is 5.56 Å². The third-order valence-electron chi connectivity index (χ3n) is 1.71. The molecule has 0 aliphatic heterocycles. The van der Waals surface area contributed by atoms with E-state index in [9.17, 15) is 9.59 Å². The van der Waals surface area contributed by atoms with Crippen LogP contribution in [0.15, 0.2) is 16.8 Å². The average molecular weight is 223 g/mol. The van der Waals surface area contributed by atoms with Crippen molar-refractivity contribution in [3.05, 3.63) is 22.4 Å². The van der Waals surface area contributed by atoms with Crippen molar-refractivity contribution in [2.24, 2.45) is 0 Å². The van der Waals surface area contributed by atoms with Crippen LogP contribution in [-0.4, -0.2) is 23.0 Å². The molecule has 0 spiro atoms. The highest BCUT2D eigenvalue weighted by atomic mass is 32.1. The summed E-state index contributed by atoms with van der Waals surface area (Å²) in [5.74, 6) is 0.661. The zero-order chi connectivity index (χ0) is 11.3. The maximum Gasteiger partial charge on any atom is 0.327 e. The van der Waals surface area contributed by atoms with Crippen LogP contribution in [0.2, 0.25) is 0 Å². The standard InChI is InChI=1S/C10H9NO3S/c1-2-3-8(10(13)14)11-9(12)7-4-5-15-6-7/h1,4-6,8H,3H2,(H,11,12)(H,13,14). The number of carboxylic acid groups (broad SMARTS) is 1. The Bertz CT molecular complexity index is 391. The molecule has 1 heterocycles. The van der Waals surface area contributed by atoms with Crippen molar-refractivity contribution in [3.63, 3.8) is 0 Å². The first-order chi connectivity index (χ1) is 7.15. The number of carboxylic acids is 1. The highest BCUT2D eigenvalue weighted by Crippen LogP contribution is 2.06. The van der Waals surface area contributed by atoms with E-state index in [-0.39, 0.29) is 6.42 Å². The van der Waals surface area contributed by atoms with Gasteiger partial charge >= 0.3 is 5.97 Å². The molecule has 15 heavy (non-hydrogen) atoms. The van der Waals surface area contributed by atoms with Crippen molar-refractivity contribution < 1.29 is 14.7 Å². The molecule has 0 fully saturated rings. The van der Waals surface area contributed by atoms with Gasteiger partial charge in [-0.1, -0.05) is 0 Å². The third kappa shape index (κ3) is 3.11. The Balaban J connectivity index is 2.64. The minimum absolute atomic E-state index is 0.0226. The van der Waals surface area contributed by atoms with Gasteiger partial charge in [-0.25, -0.2) is 4.79 Å². The van der Waals surface area contributed by atoms with Crippen molar-refractivity contribution in [1.82, 2.24) is 5.32 Å². The Morgan fingerprint density at radius 1 is 1.67 bits per heavy atom. The zero-order valence-electron chi connectivity index (χ0n) is 7.77. The van der Waals surface area contributed by atoms with E-state index < -0.39 is 17.9 Å². The first-order valence-electron chi connectivity index (χ1n) is 4.14. The largest absolute Gasteiger partial charge is 0.480 e. The Morgan fingerprint density at radius 2 is 2.40 bits per heavy atom. The molecule has 5 heteroatoms. The molecule has 0 aliphatic carbocycles. The van der Waals surface area contributed by atoms with Crippen molar-refractivity contribution in [1.29, 1.82) is 0 Å². The van der Waals surface area contributed by atoms with Gasteiger partial charge in [0, 0.05) is 11.8 Å². The second-order valence-corrected chi connectivity index (χ2v) is 3.56. The second-order valence-electron chi connectivity index (χ2n) is 2.78. The van der Waals surface area contributed by atoms with Crippen molar-refractivity contribution in [2.45, 2.75) is 12.5 Å². The summed E-state index contributed by atoms with van der Waals surface area (Å²) in [6.45, 7) is 0. The summed E-state index contributed by atoms with van der Waals surface area (Å²) in [6, 6.07) is 0.594. The molecule has 1 aromatic rings. The van der Waals surface area contributed by atoms with E-state index in [1.54, 1.807) is 16.8 Å². The predicted octanol–water partition coefficient (Wildman–Crippen LogP) is 0.954. The van der Waals surface area contributed by atoms with Crippen molar-refractivity contribution in [3.8, 4) is 12.3 Å². The number of hydrogen-bond acceptors (Lipinski definition) is 3. The maximum absolute atomic E-state index is 11.5. The molecule has 78 valence electrons. The summed E-state index contributed by atoms with van der Waals surface area (Å²) < 4.78 is 0. The number of aliphatic carboxylic acids is 1. The minimum atomic E-state index is -1.13. The van der Waals surface area contributed by atoms with E-state index in [0.717, 1.165) is 0 Å². The SMILES string of the molecule is C#CCC(NC(=O)c1ccsc1)C(=O)O. The van der Waals surface area contributed by atoms with E-state index in [2.05, 4.69) is 11.2 Å². The molecule has 0 radical (unpaired) electrons. The Kier molecular flexibility index (Phi) is 3.89. The van der Waals surface area contributed by atoms with Crippen LogP contribution in [0, 0.1) is 12.3 Å². The molecule has 1 atom stereocenters. The molecule has 1 amide bonds. The fourth-order valence-corrected chi connectivity index (χ4v) is 1.59. The van der Waals surface area contributed by atoms with E-state index in [4.69, 9.17) is 11.5 Å². The first kappa shape index (κ1) is 11.3. The first-order valence-corrected chi connectivity index (χ1v) is 5.08. The summed E-state index contributed by atoms with van der Waals surface area (Å²) in [4.78, 5) is 22.1. The lowest BCUT2D eigenvalue weighted by Crippen LogP contribution is -2.40. The highest BCUT2D eigenvalue weighted by molar-refractivity contribution is 7.08. The van der Waals surface area contributed by atoms with Gasteiger partial charge in [-0.05, 0) is 11.4 Å². The topological polar surface area (TPSA) is 66.4 Å². The molecule has 0 saturated heterocycles. The fraction of sp³-hybridized carbons (Fsp3) is 0.200. The normalized spacial score (nSPS) is 11.4. The van der Waals surface area contributed by atoms with Gasteiger partial charge in [-0.2, -0.15) is 11.3 Å². The van der Waals surface area contributed by atoms with Crippen LogP contribution in [0.4, 0.5) is 0 Å². The number of rotatable bonds is 4. The third-order valence-corrected chi connectivity index (χ3v) is 2.39. The van der Waals surface area contributed by atoms with Crippen molar-refractivity contribution in [2.75, 3.05) is 0 Å². The lowest BCUT2D eigenvalue weighted by Gasteiger charge is -2.10. The molecule has 1 rings (SSSR count). The van der Waals surface area contributed by atoms with Gasteiger partial charge in [0.2, 0.25) is 0 Å². The van der Waals surface area contributed by atoms with Gasteiger partial charge in [0.25, 0.3) is 5.91 Å². The predicted molar refractivity (Wildman–Crippen MR) is 56.7 cm³/mol. The van der Waals surface area contributed by atoms with Crippen LogP contribution in [0.1, 0.15) is 16.8 Å². The Hall–Kier alpha value is -1.80. The van der Waals surface area contributed by atoms with E-state index in [1.807, 2.05) is 0 Å². The molecule has 2 N–H and O–H groups in total. The zero-order valence-corrected chi connectivity index (χ0v) is 8.58. The van der Waals surface area contributed by atoms with Crippen LogP contribution in [-0.2, 0) is 4.79 Å². The monoisotopic (exact) mass is 223 g/mol. The highest BCUT2D eigenvalue weighted by Gasteiger charge is 2.19. The van der Waals surface area contributed by atoms with Gasteiger partial charge in [0.15, 0.2) is 0 Å². The molecule has 4 nitrogen and oxygen atoms in total. The summed E-state index contributed by atoms with van der Waals surface area (Å²) in [7, 11) is 0. The number of nitrogens with one attached hydrogen (secondary N) is 1. The molecular formula is C10H9NO3S. The Labute approximate surface area is 90.9 Å². The molecule has 0 saturated carbocycles. The molecule has 0 bridgehead atoms. The summed E-state index contributed by atoms with van der Waals surface area (Å²) in [6.07, 6.45) is 4.98. The number of amides is 1. The Morgan fingerprint density at radius 3 is 2.87 bits per heavy atom. The van der Waals surface area contributed by atoms with Crippen LogP contribution >= 0.6 is 11.3 Å². The average Bonchev–Trinajstić information content (AvgIpc) is 2.69. The lowest BCUT2D eigenvalue weighted by atomic mass is 10.2. The van der Waals surface area contributed by atoms with Gasteiger partial charge in [0.1, 0.15) is 6.04 Å². The summed E-state index contributed by atoms with van der Waals surface area (Å²) in [5.41, 5.74) is 0.447. The smallest absolute Gasteiger partial charge is 0.327 e. The number of thiophene rings is 1. The quantitative estimate of drug-likeness (QED) is 0.747. The minimum Gasteiger partial charge on any atom is -0.480 e. The van der Waals surface area contributed by atoms with Crippen LogP contribution < -0.4 is 5.32 Å². The molecule has 0 aromatic carbocycles. The molecule has 0 aliphatic rings. The van der Waals surface area contributed by atoms with Crippen molar-refractivity contribution >= 4 is 23.2 Å². The fourth-order valence-electron chi connectivity index (χ4n) is 0.953. The number of carbonyl (C=O) groups excluding carboxylic acids is 1. The maximum atomic E-state index is 11.5. The van der Waals surface area contributed by atoms with Gasteiger partial charge in [-0.15, -0.1) is 12.3 Å². The molecule has 1 unspecified atom stereocenters. The van der Waals surface area contributed by atoms with E-state index in [1.165, 1.54) is 11.3 Å². The van der Waals surface area contributed by atoms with Gasteiger partial charge in [-0.3, -0.25) is 4.79 Å². The number of terminal acetylenes is 1. The number of hydrogen-bond donors (Lipinski definition) is 2. The van der Waals surface area contributed by atoms with Crippen LogP contribution in [0.5, 0.6) is 0 Å². The van der Waals surface area contributed by atoms with Gasteiger partial charge < -0.3 is 10.4 Å². The number of carbonyl (C=O) groups is 2. The van der Waals surface area contributed by atoms with Crippen LogP contribution in [0.3, 0.4) is 0 Å². The second kappa shape index (κ2) is 5.17. The molecule has 1 aromatic heterocycles. The lowest BCUT2D eigenvalue weighted by molar-refractivity contribution is -0.139. The van der Waals surface area contributed by atoms with E-state index >= 15 is 0 Å².